The van der Waals surface area contributed by atoms with Gasteiger partial charge in [0.1, 0.15) is 0 Å². The average Bonchev–Trinajstić information content (AvgIpc) is 2.46. The number of benzene rings is 1. The summed E-state index contributed by atoms with van der Waals surface area (Å²) in [7, 11) is 0. The topological polar surface area (TPSA) is 52.9 Å². The van der Waals surface area contributed by atoms with E-state index < -0.39 is 0 Å². The largest absolute Gasteiger partial charge is 0.352 e. The molecule has 0 spiro atoms. The molecule has 1 aromatic rings. The van der Waals surface area contributed by atoms with E-state index in [1.807, 2.05) is 0 Å². The zero-order chi connectivity index (χ0) is 13.7. The molecular weight excluding hydrogens is 236 g/mol. The van der Waals surface area contributed by atoms with Crippen molar-refractivity contribution in [2.45, 2.75) is 32.6 Å². The molecule has 100 valence electrons. The maximum atomic E-state index is 12.0. The van der Waals surface area contributed by atoms with Gasteiger partial charge in [0, 0.05) is 12.1 Å². The van der Waals surface area contributed by atoms with Crippen LogP contribution in [0.3, 0.4) is 0 Å². The summed E-state index contributed by atoms with van der Waals surface area (Å²) in [5.74, 6) is 1.21. The highest BCUT2D eigenvalue weighted by Gasteiger charge is 2.21. The van der Waals surface area contributed by atoms with Gasteiger partial charge in [0.2, 0.25) is 0 Å². The Labute approximate surface area is 114 Å². The van der Waals surface area contributed by atoms with E-state index in [9.17, 15) is 4.79 Å². The number of nitrogens with one attached hydrogen (secondary N) is 1. The lowest BCUT2D eigenvalue weighted by atomic mass is 9.80. The fraction of sp³-hybridized carbons (Fsp3) is 0.500. The molecule has 3 nitrogen and oxygen atoms in total. The monoisotopic (exact) mass is 256 g/mol. The molecule has 1 aliphatic carbocycles. The molecule has 1 amide bonds. The maximum Gasteiger partial charge on any atom is 0.251 e. The van der Waals surface area contributed by atoms with Gasteiger partial charge in [0.15, 0.2) is 0 Å². The van der Waals surface area contributed by atoms with E-state index in [2.05, 4.69) is 18.3 Å². The Kier molecular flexibility index (Phi) is 4.57. The molecule has 0 saturated heterocycles. The first kappa shape index (κ1) is 13.6. The van der Waals surface area contributed by atoms with E-state index in [0.29, 0.717) is 23.0 Å². The van der Waals surface area contributed by atoms with Gasteiger partial charge in [-0.05, 0) is 36.5 Å². The molecule has 2 rings (SSSR count). The number of rotatable bonds is 3. The van der Waals surface area contributed by atoms with E-state index in [-0.39, 0.29) is 5.91 Å². The molecule has 1 N–H and O–H groups in total. The van der Waals surface area contributed by atoms with Crippen LogP contribution in [0.2, 0.25) is 0 Å². The van der Waals surface area contributed by atoms with Crippen LogP contribution in [0.25, 0.3) is 0 Å². The summed E-state index contributed by atoms with van der Waals surface area (Å²) in [6.45, 7) is 3.02. The number of carbonyl (C=O) groups is 1. The van der Waals surface area contributed by atoms with Crippen LogP contribution in [-0.2, 0) is 0 Å². The van der Waals surface area contributed by atoms with Crippen LogP contribution in [0, 0.1) is 23.2 Å². The summed E-state index contributed by atoms with van der Waals surface area (Å²) >= 11 is 0. The van der Waals surface area contributed by atoms with Crippen LogP contribution in [-0.4, -0.2) is 12.5 Å². The zero-order valence-corrected chi connectivity index (χ0v) is 11.4. The number of nitriles is 1. The Morgan fingerprint density at radius 1 is 1.42 bits per heavy atom. The predicted molar refractivity (Wildman–Crippen MR) is 74.6 cm³/mol. The van der Waals surface area contributed by atoms with Crippen molar-refractivity contribution in [1.82, 2.24) is 5.32 Å². The van der Waals surface area contributed by atoms with Gasteiger partial charge in [-0.15, -0.1) is 0 Å². The fourth-order valence-electron chi connectivity index (χ4n) is 2.75. The third-order valence-electron chi connectivity index (χ3n) is 4.07. The minimum atomic E-state index is -0.0742. The molecule has 1 fully saturated rings. The first-order valence-electron chi connectivity index (χ1n) is 6.99. The SMILES string of the molecule is CC1CCCCC1CNC(=O)c1cccc(C#N)c1. The van der Waals surface area contributed by atoms with E-state index in [4.69, 9.17) is 5.26 Å². The molecular formula is C16H20N2O. The molecule has 2 unspecified atom stereocenters. The van der Waals surface area contributed by atoms with Crippen LogP contribution in [0.15, 0.2) is 24.3 Å². The molecule has 1 aromatic carbocycles. The summed E-state index contributed by atoms with van der Waals surface area (Å²) in [5, 5.41) is 11.8. The molecule has 1 saturated carbocycles. The number of hydrogen-bond acceptors (Lipinski definition) is 2. The normalized spacial score (nSPS) is 22.5. The molecule has 19 heavy (non-hydrogen) atoms. The van der Waals surface area contributed by atoms with Crippen LogP contribution >= 0.6 is 0 Å². The van der Waals surface area contributed by atoms with E-state index >= 15 is 0 Å². The molecule has 0 bridgehead atoms. The van der Waals surface area contributed by atoms with Crippen LogP contribution in [0.1, 0.15) is 48.5 Å². The fourth-order valence-corrected chi connectivity index (χ4v) is 2.75. The number of nitrogens with zero attached hydrogens (tertiary/aromatic N) is 1. The maximum absolute atomic E-state index is 12.0. The molecule has 3 heteroatoms. The van der Waals surface area contributed by atoms with Crippen molar-refractivity contribution < 1.29 is 4.79 Å². The van der Waals surface area contributed by atoms with Crippen molar-refractivity contribution in [2.24, 2.45) is 11.8 Å². The van der Waals surface area contributed by atoms with Crippen molar-refractivity contribution in [1.29, 1.82) is 5.26 Å². The van der Waals surface area contributed by atoms with Crippen molar-refractivity contribution in [2.75, 3.05) is 6.54 Å². The Morgan fingerprint density at radius 3 is 2.95 bits per heavy atom. The lowest BCUT2D eigenvalue weighted by molar-refractivity contribution is 0.0936. The molecule has 0 aromatic heterocycles. The van der Waals surface area contributed by atoms with Crippen LogP contribution < -0.4 is 5.32 Å². The number of hydrogen-bond donors (Lipinski definition) is 1. The van der Waals surface area contributed by atoms with Gasteiger partial charge in [-0.1, -0.05) is 32.3 Å². The second-order valence-corrected chi connectivity index (χ2v) is 5.42. The standard InChI is InChI=1S/C16H20N2O/c1-12-5-2-3-7-15(12)11-18-16(19)14-8-4-6-13(9-14)10-17/h4,6,8-9,12,15H,2-3,5,7,11H2,1H3,(H,18,19). The summed E-state index contributed by atoms with van der Waals surface area (Å²) in [5.41, 5.74) is 1.10. The Bertz CT molecular complexity index is 490. The third kappa shape index (κ3) is 3.57. The van der Waals surface area contributed by atoms with Crippen molar-refractivity contribution in [3.05, 3.63) is 35.4 Å². The highest BCUT2D eigenvalue weighted by molar-refractivity contribution is 5.94. The van der Waals surface area contributed by atoms with Crippen molar-refractivity contribution in [3.8, 4) is 6.07 Å². The minimum Gasteiger partial charge on any atom is -0.352 e. The van der Waals surface area contributed by atoms with Gasteiger partial charge in [0.05, 0.1) is 11.6 Å². The number of amides is 1. The quantitative estimate of drug-likeness (QED) is 0.903. The second kappa shape index (κ2) is 6.38. The summed E-state index contributed by atoms with van der Waals surface area (Å²) in [4.78, 5) is 12.0. The first-order chi connectivity index (χ1) is 9.20. The van der Waals surface area contributed by atoms with Gasteiger partial charge in [-0.2, -0.15) is 5.26 Å². The van der Waals surface area contributed by atoms with E-state index in [1.165, 1.54) is 25.7 Å². The molecule has 0 aliphatic heterocycles. The Morgan fingerprint density at radius 2 is 2.21 bits per heavy atom. The van der Waals surface area contributed by atoms with Gasteiger partial charge in [-0.25, -0.2) is 0 Å². The van der Waals surface area contributed by atoms with E-state index in [1.54, 1.807) is 24.3 Å². The third-order valence-corrected chi connectivity index (χ3v) is 4.07. The molecule has 0 radical (unpaired) electrons. The van der Waals surface area contributed by atoms with Crippen molar-refractivity contribution in [3.63, 3.8) is 0 Å². The van der Waals surface area contributed by atoms with Gasteiger partial charge in [0.25, 0.3) is 5.91 Å². The predicted octanol–water partition coefficient (Wildman–Crippen LogP) is 3.11. The van der Waals surface area contributed by atoms with E-state index in [0.717, 1.165) is 6.54 Å². The van der Waals surface area contributed by atoms with Crippen molar-refractivity contribution >= 4 is 5.91 Å². The highest BCUT2D eigenvalue weighted by Crippen LogP contribution is 2.28. The second-order valence-electron chi connectivity index (χ2n) is 5.42. The highest BCUT2D eigenvalue weighted by atomic mass is 16.1. The Balaban J connectivity index is 1.92. The van der Waals surface area contributed by atoms with Gasteiger partial charge >= 0.3 is 0 Å². The summed E-state index contributed by atoms with van der Waals surface area (Å²) in [6, 6.07) is 8.90. The summed E-state index contributed by atoms with van der Waals surface area (Å²) < 4.78 is 0. The van der Waals surface area contributed by atoms with Crippen LogP contribution in [0.5, 0.6) is 0 Å². The smallest absolute Gasteiger partial charge is 0.251 e. The molecule has 1 aliphatic rings. The lowest BCUT2D eigenvalue weighted by Crippen LogP contribution is -2.33. The molecule has 0 heterocycles. The zero-order valence-electron chi connectivity index (χ0n) is 11.4. The number of carbonyl (C=O) groups excluding carboxylic acids is 1. The first-order valence-corrected chi connectivity index (χ1v) is 6.99. The minimum absolute atomic E-state index is 0.0742. The molecule has 2 atom stereocenters. The average molecular weight is 256 g/mol. The van der Waals surface area contributed by atoms with Gasteiger partial charge < -0.3 is 5.32 Å². The Hall–Kier alpha value is -1.82. The van der Waals surface area contributed by atoms with Crippen LogP contribution in [0.4, 0.5) is 0 Å². The van der Waals surface area contributed by atoms with Gasteiger partial charge in [-0.3, -0.25) is 4.79 Å². The lowest BCUT2D eigenvalue weighted by Gasteiger charge is -2.28. The summed E-state index contributed by atoms with van der Waals surface area (Å²) in [6.07, 6.45) is 5.06.